The first kappa shape index (κ1) is 22.3. The minimum atomic E-state index is -4.41. The summed E-state index contributed by atoms with van der Waals surface area (Å²) in [5.74, 6) is -0.291. The number of ether oxygens (including phenoxy) is 1. The van der Waals surface area contributed by atoms with Crippen LogP contribution in [0.15, 0.2) is 12.2 Å². The minimum Gasteiger partial charge on any atom is -0.726 e. The summed E-state index contributed by atoms with van der Waals surface area (Å²) >= 11 is 0. The molecule has 0 aliphatic carbocycles. The predicted octanol–water partition coefficient (Wildman–Crippen LogP) is 0.339. The Kier molecular flexibility index (Phi) is 12.4. The van der Waals surface area contributed by atoms with Gasteiger partial charge in [0.25, 0.3) is 0 Å². The van der Waals surface area contributed by atoms with E-state index in [9.17, 15) is 17.8 Å². The van der Waals surface area contributed by atoms with Crippen LogP contribution >= 0.6 is 0 Å². The number of carbonyl (C=O) groups excluding carboxylic acids is 1. The largest absolute Gasteiger partial charge is 0.726 e. The van der Waals surface area contributed by atoms with Crippen LogP contribution in [0.25, 0.3) is 0 Å². The number of carbonyl (C=O) groups is 1. The molecule has 0 aliphatic rings. The lowest BCUT2D eigenvalue weighted by atomic mass is 10.1. The van der Waals surface area contributed by atoms with E-state index in [-0.39, 0.29) is 12.1 Å². The molecule has 126 valence electrons. The van der Waals surface area contributed by atoms with Gasteiger partial charge in [-0.1, -0.05) is 20.4 Å². The Morgan fingerprint density at radius 1 is 1.33 bits per heavy atom. The third kappa shape index (κ3) is 15.3. The second-order valence-corrected chi connectivity index (χ2v) is 5.77. The molecule has 0 radical (unpaired) electrons. The van der Waals surface area contributed by atoms with Crippen LogP contribution in [0.2, 0.25) is 0 Å². The zero-order chi connectivity index (χ0) is 17.1. The summed E-state index contributed by atoms with van der Waals surface area (Å²) in [6, 6.07) is 0.635. The minimum absolute atomic E-state index is 0.0465. The SMILES string of the molecule is C=C(C)C(=O)OC(C)C[NH2+]C(CC)CC.COS(=O)(=O)[O-]. The molecule has 1 atom stereocenters. The molecular weight excluding hydrogens is 298 g/mol. The van der Waals surface area contributed by atoms with Crippen LogP contribution in [0.5, 0.6) is 0 Å². The van der Waals surface area contributed by atoms with E-state index in [2.05, 4.69) is 29.9 Å². The van der Waals surface area contributed by atoms with E-state index in [0.717, 1.165) is 26.5 Å². The Bertz CT molecular complexity index is 403. The highest BCUT2D eigenvalue weighted by atomic mass is 32.3. The Labute approximate surface area is 127 Å². The zero-order valence-electron chi connectivity index (χ0n) is 13.4. The standard InChI is InChI=1S/C12H23NO2.CH4O4S/c1-6-11(7-2)13-8-10(5)15-12(14)9(3)4;1-5-6(2,3)4/h10-11,13H,3,6-8H2,1-2,4-5H3;1H3,(H,2,3,4). The fourth-order valence-corrected chi connectivity index (χ4v) is 1.34. The van der Waals surface area contributed by atoms with Gasteiger partial charge in [-0.05, 0) is 26.7 Å². The third-order valence-electron chi connectivity index (χ3n) is 2.71. The Hall–Kier alpha value is -0.960. The molecule has 7 nitrogen and oxygen atoms in total. The average Bonchev–Trinajstić information content (AvgIpc) is 2.39. The maximum absolute atomic E-state index is 11.2. The lowest BCUT2D eigenvalue weighted by molar-refractivity contribution is -0.694. The molecule has 0 saturated heterocycles. The van der Waals surface area contributed by atoms with Crippen LogP contribution in [0, 0.1) is 0 Å². The molecule has 0 fully saturated rings. The summed E-state index contributed by atoms with van der Waals surface area (Å²) in [5.41, 5.74) is 0.462. The van der Waals surface area contributed by atoms with Gasteiger partial charge in [-0.3, -0.25) is 4.18 Å². The first-order valence-corrected chi connectivity index (χ1v) is 8.11. The van der Waals surface area contributed by atoms with E-state index in [1.807, 2.05) is 6.92 Å². The smallest absolute Gasteiger partial charge is 0.333 e. The van der Waals surface area contributed by atoms with E-state index < -0.39 is 10.4 Å². The Morgan fingerprint density at radius 2 is 1.76 bits per heavy atom. The summed E-state index contributed by atoms with van der Waals surface area (Å²) in [6.45, 7) is 12.3. The van der Waals surface area contributed by atoms with Gasteiger partial charge >= 0.3 is 5.97 Å². The Balaban J connectivity index is 0. The van der Waals surface area contributed by atoms with Crippen LogP contribution in [0.3, 0.4) is 0 Å². The summed E-state index contributed by atoms with van der Waals surface area (Å²) in [5, 5.41) is 2.25. The molecule has 1 unspecified atom stereocenters. The van der Waals surface area contributed by atoms with Crippen molar-refractivity contribution in [3.05, 3.63) is 12.2 Å². The van der Waals surface area contributed by atoms with E-state index in [4.69, 9.17) is 4.74 Å². The van der Waals surface area contributed by atoms with Crippen molar-refractivity contribution < 1.29 is 32.0 Å². The van der Waals surface area contributed by atoms with Crippen molar-refractivity contribution in [1.82, 2.24) is 0 Å². The van der Waals surface area contributed by atoms with E-state index >= 15 is 0 Å². The van der Waals surface area contributed by atoms with Crippen LogP contribution in [0.4, 0.5) is 0 Å². The number of quaternary nitrogens is 1. The van der Waals surface area contributed by atoms with E-state index in [1.165, 1.54) is 0 Å². The number of hydrogen-bond acceptors (Lipinski definition) is 6. The first-order valence-electron chi connectivity index (χ1n) is 6.78. The highest BCUT2D eigenvalue weighted by Crippen LogP contribution is 1.96. The molecule has 0 spiro atoms. The number of esters is 1. The predicted molar refractivity (Wildman–Crippen MR) is 78.2 cm³/mol. The van der Waals surface area contributed by atoms with Gasteiger partial charge in [0.15, 0.2) is 0 Å². The maximum Gasteiger partial charge on any atom is 0.333 e. The quantitative estimate of drug-likeness (QED) is 0.298. The number of nitrogens with two attached hydrogens (primary N) is 1. The Morgan fingerprint density at radius 3 is 2.05 bits per heavy atom. The monoisotopic (exact) mass is 325 g/mol. The molecule has 2 N–H and O–H groups in total. The molecule has 0 aromatic rings. The van der Waals surface area contributed by atoms with E-state index in [0.29, 0.717) is 11.6 Å². The second-order valence-electron chi connectivity index (χ2n) is 4.62. The second kappa shape index (κ2) is 11.7. The molecule has 0 saturated carbocycles. The molecule has 0 bridgehead atoms. The third-order valence-corrected chi connectivity index (χ3v) is 3.12. The van der Waals surface area contributed by atoms with Crippen LogP contribution in [0.1, 0.15) is 40.5 Å². The topological polar surface area (TPSA) is 109 Å². The van der Waals surface area contributed by atoms with Crippen LogP contribution < -0.4 is 5.32 Å². The van der Waals surface area contributed by atoms with Gasteiger partial charge in [0.05, 0.1) is 13.2 Å². The van der Waals surface area contributed by atoms with Gasteiger partial charge in [0.2, 0.25) is 10.4 Å². The summed E-state index contributed by atoms with van der Waals surface area (Å²) < 4.78 is 36.2. The van der Waals surface area contributed by atoms with Gasteiger partial charge in [0.1, 0.15) is 12.6 Å². The van der Waals surface area contributed by atoms with Crippen molar-refractivity contribution in [2.45, 2.75) is 52.7 Å². The molecule has 0 aromatic carbocycles. The van der Waals surface area contributed by atoms with Gasteiger partial charge in [-0.25, -0.2) is 13.2 Å². The fourth-order valence-electron chi connectivity index (χ4n) is 1.34. The molecule has 0 amide bonds. The fraction of sp³-hybridized carbons (Fsp3) is 0.769. The highest BCUT2D eigenvalue weighted by molar-refractivity contribution is 7.80. The van der Waals surface area contributed by atoms with Crippen molar-refractivity contribution in [3.63, 3.8) is 0 Å². The van der Waals surface area contributed by atoms with Crippen molar-refractivity contribution >= 4 is 16.4 Å². The van der Waals surface area contributed by atoms with Gasteiger partial charge in [-0.15, -0.1) is 0 Å². The summed E-state index contributed by atoms with van der Waals surface area (Å²) in [7, 11) is -3.60. The molecule has 21 heavy (non-hydrogen) atoms. The van der Waals surface area contributed by atoms with Gasteiger partial charge < -0.3 is 14.6 Å². The lowest BCUT2D eigenvalue weighted by Crippen LogP contribution is -2.91. The van der Waals surface area contributed by atoms with Crippen molar-refractivity contribution in [2.75, 3.05) is 13.7 Å². The molecule has 8 heteroatoms. The lowest BCUT2D eigenvalue weighted by Gasteiger charge is -2.16. The van der Waals surface area contributed by atoms with Gasteiger partial charge in [0, 0.05) is 5.57 Å². The summed E-state index contributed by atoms with van der Waals surface area (Å²) in [6.07, 6.45) is 2.25. The van der Waals surface area contributed by atoms with Crippen molar-refractivity contribution in [3.8, 4) is 0 Å². The van der Waals surface area contributed by atoms with Crippen molar-refractivity contribution in [2.24, 2.45) is 0 Å². The molecule has 0 aliphatic heterocycles. The average molecular weight is 325 g/mol. The number of rotatable bonds is 8. The molecule has 0 aromatic heterocycles. The van der Waals surface area contributed by atoms with Crippen LogP contribution in [-0.2, 0) is 24.1 Å². The molecule has 0 rings (SSSR count). The first-order chi connectivity index (χ1) is 9.57. The maximum atomic E-state index is 11.2. The van der Waals surface area contributed by atoms with Crippen LogP contribution in [-0.4, -0.2) is 44.7 Å². The number of hydrogen-bond donors (Lipinski definition) is 1. The molecular formula is C13H27NO6S. The summed E-state index contributed by atoms with van der Waals surface area (Å²) in [4.78, 5) is 11.2. The van der Waals surface area contributed by atoms with Gasteiger partial charge in [-0.2, -0.15) is 0 Å². The van der Waals surface area contributed by atoms with Crippen molar-refractivity contribution in [1.29, 1.82) is 0 Å². The normalized spacial score (nSPS) is 12.3. The zero-order valence-corrected chi connectivity index (χ0v) is 14.2. The highest BCUT2D eigenvalue weighted by Gasteiger charge is 2.13. The van der Waals surface area contributed by atoms with E-state index in [1.54, 1.807) is 6.92 Å². The molecule has 0 heterocycles.